The Hall–Kier alpha value is -3.68. The first-order valence-electron chi connectivity index (χ1n) is 8.96. The van der Waals surface area contributed by atoms with Gasteiger partial charge in [-0.05, 0) is 39.0 Å². The van der Waals surface area contributed by atoms with Gasteiger partial charge in [-0.2, -0.15) is 5.10 Å². The minimum atomic E-state index is -0.269. The number of anilines is 1. The van der Waals surface area contributed by atoms with Crippen molar-refractivity contribution < 1.29 is 9.53 Å². The van der Waals surface area contributed by atoms with Crippen LogP contribution in [-0.2, 0) is 0 Å². The highest BCUT2D eigenvalue weighted by molar-refractivity contribution is 6.04. The summed E-state index contributed by atoms with van der Waals surface area (Å²) >= 11 is 0. The van der Waals surface area contributed by atoms with Crippen molar-refractivity contribution in [2.75, 3.05) is 11.9 Å². The van der Waals surface area contributed by atoms with Crippen LogP contribution in [0.25, 0.3) is 22.3 Å². The predicted octanol–water partition coefficient (Wildman–Crippen LogP) is 3.62. The first kappa shape index (κ1) is 17.7. The highest BCUT2D eigenvalue weighted by Crippen LogP contribution is 2.26. The molecule has 0 saturated carbocycles. The van der Waals surface area contributed by atoms with E-state index >= 15 is 0 Å². The van der Waals surface area contributed by atoms with Gasteiger partial charge in [0.2, 0.25) is 5.88 Å². The van der Waals surface area contributed by atoms with Gasteiger partial charge in [0, 0.05) is 40.2 Å². The number of amides is 1. The number of nitrogens with one attached hydrogen (secondary N) is 3. The van der Waals surface area contributed by atoms with Gasteiger partial charge in [-0.1, -0.05) is 0 Å². The quantitative estimate of drug-likeness (QED) is 0.493. The molecule has 0 unspecified atom stereocenters. The van der Waals surface area contributed by atoms with Crippen molar-refractivity contribution in [2.24, 2.45) is 0 Å². The summed E-state index contributed by atoms with van der Waals surface area (Å²) in [4.78, 5) is 24.3. The largest absolute Gasteiger partial charge is 0.478 e. The number of carbonyl (C=O) groups is 1. The van der Waals surface area contributed by atoms with E-state index in [1.807, 2.05) is 45.0 Å². The summed E-state index contributed by atoms with van der Waals surface area (Å²) in [6.45, 7) is 6.22. The van der Waals surface area contributed by atoms with E-state index in [0.717, 1.165) is 33.5 Å². The average molecular weight is 376 g/mol. The zero-order valence-electron chi connectivity index (χ0n) is 15.8. The summed E-state index contributed by atoms with van der Waals surface area (Å²) in [6.07, 6.45) is 3.33. The van der Waals surface area contributed by atoms with Crippen molar-refractivity contribution in [3.05, 3.63) is 53.6 Å². The number of hydrogen-bond donors (Lipinski definition) is 3. The van der Waals surface area contributed by atoms with Crippen molar-refractivity contribution in [3.63, 3.8) is 0 Å². The third-order valence-corrected chi connectivity index (χ3v) is 4.53. The van der Waals surface area contributed by atoms with Gasteiger partial charge < -0.3 is 15.0 Å². The first-order valence-corrected chi connectivity index (χ1v) is 8.96. The predicted molar refractivity (Wildman–Crippen MR) is 107 cm³/mol. The van der Waals surface area contributed by atoms with Crippen molar-refractivity contribution in [3.8, 4) is 17.1 Å². The van der Waals surface area contributed by atoms with Crippen LogP contribution in [-0.4, -0.2) is 37.7 Å². The molecule has 8 nitrogen and oxygen atoms in total. The first-order chi connectivity index (χ1) is 13.5. The maximum atomic E-state index is 12.5. The van der Waals surface area contributed by atoms with Gasteiger partial charge in [0.25, 0.3) is 5.91 Å². The van der Waals surface area contributed by atoms with E-state index in [1.165, 1.54) is 0 Å². The molecule has 28 heavy (non-hydrogen) atoms. The van der Waals surface area contributed by atoms with Crippen molar-refractivity contribution in [1.82, 2.24) is 25.1 Å². The van der Waals surface area contributed by atoms with Crippen LogP contribution in [0, 0.1) is 13.8 Å². The normalized spacial score (nSPS) is 11.0. The number of carbonyl (C=O) groups excluding carboxylic acids is 1. The lowest BCUT2D eigenvalue weighted by Crippen LogP contribution is -2.13. The number of aromatic amines is 2. The van der Waals surface area contributed by atoms with E-state index in [2.05, 4.69) is 30.5 Å². The molecule has 0 radical (unpaired) electrons. The van der Waals surface area contributed by atoms with E-state index in [-0.39, 0.29) is 5.91 Å². The molecule has 0 spiro atoms. The molecule has 0 aliphatic rings. The Labute approximate surface area is 161 Å². The van der Waals surface area contributed by atoms with Gasteiger partial charge in [0.15, 0.2) is 5.69 Å². The zero-order valence-corrected chi connectivity index (χ0v) is 15.8. The van der Waals surface area contributed by atoms with Crippen LogP contribution < -0.4 is 10.1 Å². The molecule has 4 aromatic heterocycles. The molecule has 8 heteroatoms. The molecule has 142 valence electrons. The molecule has 4 heterocycles. The van der Waals surface area contributed by atoms with Gasteiger partial charge in [0.1, 0.15) is 5.65 Å². The van der Waals surface area contributed by atoms with E-state index in [1.54, 1.807) is 12.4 Å². The maximum absolute atomic E-state index is 12.5. The molecule has 0 bridgehead atoms. The lowest BCUT2D eigenvalue weighted by molar-refractivity contribution is 0.102. The smallest absolute Gasteiger partial charge is 0.276 e. The number of aryl methyl sites for hydroxylation is 1. The fraction of sp³-hybridized carbons (Fsp3) is 0.200. The number of H-pyrrole nitrogens is 2. The Balaban J connectivity index is 1.61. The number of pyridine rings is 2. The van der Waals surface area contributed by atoms with Crippen LogP contribution in [0.3, 0.4) is 0 Å². The molecule has 0 atom stereocenters. The summed E-state index contributed by atoms with van der Waals surface area (Å²) in [5.41, 5.74) is 5.27. The second-order valence-corrected chi connectivity index (χ2v) is 6.44. The van der Waals surface area contributed by atoms with Crippen molar-refractivity contribution >= 4 is 22.6 Å². The lowest BCUT2D eigenvalue weighted by atomic mass is 10.2. The van der Waals surface area contributed by atoms with Crippen LogP contribution in [0.2, 0.25) is 0 Å². The molecule has 0 saturated heterocycles. The Morgan fingerprint density at radius 3 is 2.82 bits per heavy atom. The van der Waals surface area contributed by atoms with E-state index in [9.17, 15) is 4.79 Å². The summed E-state index contributed by atoms with van der Waals surface area (Å²) in [5, 5.41) is 10.6. The van der Waals surface area contributed by atoms with Crippen LogP contribution in [0.1, 0.15) is 28.7 Å². The molecule has 4 rings (SSSR count). The standard InChI is InChI=1S/C20H20N6O2/c1-4-28-17-9-13(5-6-21-17)16-8-14-7-15(10-22-19(14)24-16)23-20(27)18-11(2)12(3)25-26-18/h5-10H,4H2,1-3H3,(H,22,24)(H,23,27)(H,25,26). The van der Waals surface area contributed by atoms with Gasteiger partial charge in [-0.3, -0.25) is 9.89 Å². The molecule has 0 aliphatic heterocycles. The van der Waals surface area contributed by atoms with Gasteiger partial charge in [0.05, 0.1) is 18.5 Å². The monoisotopic (exact) mass is 376 g/mol. The fourth-order valence-corrected chi connectivity index (χ4v) is 2.94. The minimum absolute atomic E-state index is 0.269. The molecule has 0 aliphatic carbocycles. The molecule has 0 aromatic carbocycles. The van der Waals surface area contributed by atoms with Gasteiger partial charge in [-0.25, -0.2) is 9.97 Å². The second kappa shape index (κ2) is 7.15. The molecular weight excluding hydrogens is 356 g/mol. The Bertz CT molecular complexity index is 1160. The van der Waals surface area contributed by atoms with Crippen LogP contribution in [0.5, 0.6) is 5.88 Å². The van der Waals surface area contributed by atoms with Crippen molar-refractivity contribution in [2.45, 2.75) is 20.8 Å². The molecule has 1 amide bonds. The average Bonchev–Trinajstić information content (AvgIpc) is 3.26. The Morgan fingerprint density at radius 1 is 1.21 bits per heavy atom. The third-order valence-electron chi connectivity index (χ3n) is 4.53. The Kier molecular flexibility index (Phi) is 4.52. The number of rotatable bonds is 5. The summed E-state index contributed by atoms with van der Waals surface area (Å²) < 4.78 is 5.46. The summed E-state index contributed by atoms with van der Waals surface area (Å²) in [6, 6.07) is 7.63. The topological polar surface area (TPSA) is 109 Å². The zero-order chi connectivity index (χ0) is 19.7. The minimum Gasteiger partial charge on any atom is -0.478 e. The summed E-state index contributed by atoms with van der Waals surface area (Å²) in [5.74, 6) is 0.304. The molecule has 3 N–H and O–H groups in total. The number of nitrogens with zero attached hydrogens (tertiary/aromatic N) is 3. The number of ether oxygens (including phenoxy) is 1. The van der Waals surface area contributed by atoms with E-state index in [4.69, 9.17) is 4.74 Å². The molecule has 0 fully saturated rings. The number of fused-ring (bicyclic) bond motifs is 1. The van der Waals surface area contributed by atoms with Gasteiger partial charge >= 0.3 is 0 Å². The Morgan fingerprint density at radius 2 is 2.07 bits per heavy atom. The van der Waals surface area contributed by atoms with E-state index < -0.39 is 0 Å². The molecule has 4 aromatic rings. The fourth-order valence-electron chi connectivity index (χ4n) is 2.94. The third kappa shape index (κ3) is 3.32. The van der Waals surface area contributed by atoms with Crippen LogP contribution in [0.4, 0.5) is 5.69 Å². The van der Waals surface area contributed by atoms with E-state index in [0.29, 0.717) is 23.9 Å². The lowest BCUT2D eigenvalue weighted by Gasteiger charge is -2.03. The maximum Gasteiger partial charge on any atom is 0.276 e. The second-order valence-electron chi connectivity index (χ2n) is 6.44. The van der Waals surface area contributed by atoms with Crippen LogP contribution >= 0.6 is 0 Å². The van der Waals surface area contributed by atoms with Crippen LogP contribution in [0.15, 0.2) is 36.7 Å². The molecular formula is C20H20N6O2. The number of hydrogen-bond acceptors (Lipinski definition) is 5. The SMILES string of the molecule is CCOc1cc(-c2cc3cc(NC(=O)c4n[nH]c(C)c4C)cnc3[nH]2)ccn1. The highest BCUT2D eigenvalue weighted by atomic mass is 16.5. The number of aromatic nitrogens is 5. The summed E-state index contributed by atoms with van der Waals surface area (Å²) in [7, 11) is 0. The highest BCUT2D eigenvalue weighted by Gasteiger charge is 2.15. The van der Waals surface area contributed by atoms with Crippen molar-refractivity contribution in [1.29, 1.82) is 0 Å². The van der Waals surface area contributed by atoms with Gasteiger partial charge in [-0.15, -0.1) is 0 Å².